The molecular formula is C35H38N6O3. The fourth-order valence-corrected chi connectivity index (χ4v) is 5.46. The van der Waals surface area contributed by atoms with E-state index in [-0.39, 0.29) is 11.6 Å². The highest BCUT2D eigenvalue weighted by molar-refractivity contribution is 5.76. The van der Waals surface area contributed by atoms with E-state index in [1.165, 1.54) is 5.69 Å². The summed E-state index contributed by atoms with van der Waals surface area (Å²) in [5, 5.41) is 4.12. The number of piperazine rings is 1. The first-order chi connectivity index (χ1) is 21.6. The maximum atomic E-state index is 13.4. The number of pyridine rings is 1. The van der Waals surface area contributed by atoms with Gasteiger partial charge < -0.3 is 24.6 Å². The van der Waals surface area contributed by atoms with Gasteiger partial charge in [-0.05, 0) is 61.6 Å². The van der Waals surface area contributed by atoms with Crippen LogP contribution in [-0.2, 0) is 0 Å². The molecule has 0 saturated carbocycles. The summed E-state index contributed by atoms with van der Waals surface area (Å²) in [7, 11) is 2.16. The van der Waals surface area contributed by atoms with Gasteiger partial charge in [-0.3, -0.25) is 9.36 Å². The van der Waals surface area contributed by atoms with Crippen molar-refractivity contribution < 1.29 is 9.47 Å². The summed E-state index contributed by atoms with van der Waals surface area (Å²) in [5.74, 6) is 2.03. The molecule has 9 nitrogen and oxygen atoms in total. The molecule has 0 radical (unpaired) electrons. The van der Waals surface area contributed by atoms with Crippen LogP contribution in [0.25, 0.3) is 11.0 Å². The molecule has 9 heteroatoms. The minimum atomic E-state index is -0.204. The Balaban J connectivity index is 1.22. The maximum Gasteiger partial charge on any atom is 0.252 e. The van der Waals surface area contributed by atoms with E-state index in [4.69, 9.17) is 14.5 Å². The Kier molecular flexibility index (Phi) is 9.32. The first-order valence-electron chi connectivity index (χ1n) is 15.2. The van der Waals surface area contributed by atoms with Gasteiger partial charge in [-0.25, -0.2) is 4.98 Å². The Hall–Kier alpha value is -4.89. The number of hydrogen-bond donors (Lipinski definition) is 1. The molecule has 5 aromatic rings. The lowest BCUT2D eigenvalue weighted by Crippen LogP contribution is -2.44. The van der Waals surface area contributed by atoms with Crippen LogP contribution in [0.3, 0.4) is 0 Å². The van der Waals surface area contributed by atoms with Gasteiger partial charge in [0.05, 0.1) is 13.2 Å². The van der Waals surface area contributed by atoms with Crippen molar-refractivity contribution in [2.75, 3.05) is 56.7 Å². The first kappa shape index (κ1) is 29.2. The summed E-state index contributed by atoms with van der Waals surface area (Å²) in [6.45, 7) is 5.04. The number of rotatable bonds is 12. The summed E-state index contributed by atoms with van der Waals surface area (Å²) >= 11 is 0. The summed E-state index contributed by atoms with van der Waals surface area (Å²) in [6.07, 6.45) is 2.97. The molecule has 1 saturated heterocycles. The number of ether oxygens (including phenoxy) is 2. The summed E-state index contributed by atoms with van der Waals surface area (Å²) < 4.78 is 13.8. The monoisotopic (exact) mass is 590 g/mol. The SMILES string of the molecule is CN1CCN(c2ccc(Nc3ncc4ccc(=O)n(C(CCOc5ccccc5)CCOc5ccccc5)c4n3)cc2)CC1. The van der Waals surface area contributed by atoms with Crippen LogP contribution in [0.1, 0.15) is 18.9 Å². The van der Waals surface area contributed by atoms with Crippen molar-refractivity contribution in [3.8, 4) is 11.5 Å². The van der Waals surface area contributed by atoms with Crippen molar-refractivity contribution in [1.29, 1.82) is 0 Å². The summed E-state index contributed by atoms with van der Waals surface area (Å²) in [4.78, 5) is 27.6. The highest BCUT2D eigenvalue weighted by Gasteiger charge is 2.19. The highest BCUT2D eigenvalue weighted by Crippen LogP contribution is 2.24. The normalized spacial score (nSPS) is 13.7. The van der Waals surface area contributed by atoms with E-state index in [1.807, 2.05) is 72.8 Å². The van der Waals surface area contributed by atoms with Gasteiger partial charge in [0.2, 0.25) is 5.95 Å². The fraction of sp³-hybridized carbons (Fsp3) is 0.286. The molecule has 3 aromatic carbocycles. The second-order valence-electron chi connectivity index (χ2n) is 11.0. The predicted molar refractivity (Wildman–Crippen MR) is 175 cm³/mol. The molecule has 3 heterocycles. The number of hydrogen-bond acceptors (Lipinski definition) is 8. The van der Waals surface area contributed by atoms with Crippen LogP contribution in [0.2, 0.25) is 0 Å². The summed E-state index contributed by atoms with van der Waals surface area (Å²) in [6, 6.07) is 30.9. The van der Waals surface area contributed by atoms with Gasteiger partial charge in [0.1, 0.15) is 17.1 Å². The van der Waals surface area contributed by atoms with E-state index < -0.39 is 0 Å². The smallest absolute Gasteiger partial charge is 0.252 e. The van der Waals surface area contributed by atoms with Crippen LogP contribution in [0.5, 0.6) is 11.5 Å². The Morgan fingerprint density at radius 2 is 1.39 bits per heavy atom. The molecule has 0 unspecified atom stereocenters. The lowest BCUT2D eigenvalue weighted by atomic mass is 10.1. The molecule has 1 N–H and O–H groups in total. The van der Waals surface area contributed by atoms with E-state index in [0.717, 1.165) is 48.8 Å². The van der Waals surface area contributed by atoms with Crippen molar-refractivity contribution in [1.82, 2.24) is 19.4 Å². The standard InChI is InChI=1S/C35H38N6O3/c1-39-20-22-40(23-21-39)29-15-13-28(14-16-29)37-35-36-26-27-12-17-33(42)41(34(27)38-35)30(18-24-43-31-8-4-2-5-9-31)19-25-44-32-10-6-3-7-11-32/h2-17,26,30H,18-25H2,1H3,(H,36,37,38). The minimum absolute atomic E-state index is 0.122. The van der Waals surface area contributed by atoms with Gasteiger partial charge in [0.15, 0.2) is 0 Å². The molecule has 0 atom stereocenters. The molecule has 226 valence electrons. The molecule has 1 aliphatic heterocycles. The van der Waals surface area contributed by atoms with Crippen molar-refractivity contribution in [3.05, 3.63) is 114 Å². The van der Waals surface area contributed by atoms with Gasteiger partial charge in [-0.2, -0.15) is 4.98 Å². The number of aromatic nitrogens is 3. The third-order valence-corrected chi connectivity index (χ3v) is 7.95. The Labute approximate surface area is 257 Å². The lowest BCUT2D eigenvalue weighted by Gasteiger charge is -2.34. The second-order valence-corrected chi connectivity index (χ2v) is 11.0. The van der Waals surface area contributed by atoms with E-state index in [0.29, 0.717) is 37.7 Å². The zero-order chi connectivity index (χ0) is 30.1. The highest BCUT2D eigenvalue weighted by atomic mass is 16.5. The summed E-state index contributed by atoms with van der Waals surface area (Å²) in [5.41, 5.74) is 2.54. The Morgan fingerprint density at radius 3 is 2.00 bits per heavy atom. The number of nitrogens with one attached hydrogen (secondary N) is 1. The van der Waals surface area contributed by atoms with Crippen LogP contribution in [0.4, 0.5) is 17.3 Å². The second kappa shape index (κ2) is 14.1. The van der Waals surface area contributed by atoms with Gasteiger partial charge in [-0.1, -0.05) is 36.4 Å². The zero-order valence-corrected chi connectivity index (χ0v) is 25.0. The third-order valence-electron chi connectivity index (χ3n) is 7.95. The Morgan fingerprint density at radius 1 is 0.773 bits per heavy atom. The molecule has 2 aromatic heterocycles. The molecule has 0 aliphatic carbocycles. The van der Waals surface area contributed by atoms with E-state index in [1.54, 1.807) is 22.9 Å². The van der Waals surface area contributed by atoms with Crippen LogP contribution in [-0.4, -0.2) is 65.9 Å². The van der Waals surface area contributed by atoms with E-state index >= 15 is 0 Å². The van der Waals surface area contributed by atoms with Crippen molar-refractivity contribution in [3.63, 3.8) is 0 Å². The zero-order valence-electron chi connectivity index (χ0n) is 25.0. The van der Waals surface area contributed by atoms with Gasteiger partial charge in [-0.15, -0.1) is 0 Å². The third kappa shape index (κ3) is 7.36. The molecule has 6 rings (SSSR count). The molecule has 0 amide bonds. The average molecular weight is 591 g/mol. The topological polar surface area (TPSA) is 84.8 Å². The molecule has 0 spiro atoms. The maximum absolute atomic E-state index is 13.4. The van der Waals surface area contributed by atoms with E-state index in [2.05, 4.69) is 39.3 Å². The number of nitrogens with zero attached hydrogens (tertiary/aromatic N) is 5. The Bertz CT molecular complexity index is 1640. The molecule has 1 fully saturated rings. The van der Waals surface area contributed by atoms with Crippen molar-refractivity contribution in [2.24, 2.45) is 0 Å². The number of anilines is 3. The van der Waals surface area contributed by atoms with Crippen LogP contribution >= 0.6 is 0 Å². The van der Waals surface area contributed by atoms with Crippen LogP contribution in [0, 0.1) is 0 Å². The quantitative estimate of drug-likeness (QED) is 0.196. The van der Waals surface area contributed by atoms with Crippen LogP contribution < -0.4 is 25.2 Å². The number of benzene rings is 3. The average Bonchev–Trinajstić information content (AvgIpc) is 3.06. The van der Waals surface area contributed by atoms with E-state index in [9.17, 15) is 4.79 Å². The number of para-hydroxylation sites is 2. The fourth-order valence-electron chi connectivity index (χ4n) is 5.46. The molecule has 44 heavy (non-hydrogen) atoms. The van der Waals surface area contributed by atoms with Crippen LogP contribution in [0.15, 0.2) is 108 Å². The van der Waals surface area contributed by atoms with Gasteiger partial charge in [0, 0.05) is 74.1 Å². The number of likely N-dealkylation sites (N-methyl/N-ethyl adjacent to an activating group) is 1. The van der Waals surface area contributed by atoms with Crippen molar-refractivity contribution >= 4 is 28.4 Å². The number of fused-ring (bicyclic) bond motifs is 1. The molecule has 1 aliphatic rings. The lowest BCUT2D eigenvalue weighted by molar-refractivity contribution is 0.237. The largest absolute Gasteiger partial charge is 0.494 e. The first-order valence-corrected chi connectivity index (χ1v) is 15.2. The predicted octanol–water partition coefficient (Wildman–Crippen LogP) is 5.77. The molecule has 0 bridgehead atoms. The van der Waals surface area contributed by atoms with Gasteiger partial charge in [0.25, 0.3) is 5.56 Å². The van der Waals surface area contributed by atoms with Gasteiger partial charge >= 0.3 is 0 Å². The minimum Gasteiger partial charge on any atom is -0.494 e. The van der Waals surface area contributed by atoms with Crippen molar-refractivity contribution in [2.45, 2.75) is 18.9 Å². The molecular weight excluding hydrogens is 552 g/mol.